The molecule has 1 heterocycles. The van der Waals surface area contributed by atoms with E-state index >= 15 is 0 Å². The molecule has 1 fully saturated rings. The molecule has 0 aromatic carbocycles. The molecule has 132 valence electrons. The van der Waals surface area contributed by atoms with E-state index in [1.54, 1.807) is 0 Å². The monoisotopic (exact) mass is 426 g/mol. The van der Waals surface area contributed by atoms with Crippen LogP contribution in [0.15, 0.2) is 4.99 Å². The van der Waals surface area contributed by atoms with E-state index in [-0.39, 0.29) is 24.0 Å². The zero-order valence-corrected chi connectivity index (χ0v) is 17.1. The van der Waals surface area contributed by atoms with E-state index in [0.717, 1.165) is 57.2 Å². The lowest BCUT2D eigenvalue weighted by molar-refractivity contribution is 0.145. The van der Waals surface area contributed by atoms with Gasteiger partial charge < -0.3 is 20.3 Å². The third-order valence-electron chi connectivity index (χ3n) is 3.72. The summed E-state index contributed by atoms with van der Waals surface area (Å²) < 4.78 is 5.33. The van der Waals surface area contributed by atoms with Gasteiger partial charge in [0.05, 0.1) is 13.2 Å². The van der Waals surface area contributed by atoms with Crippen LogP contribution in [0.25, 0.3) is 0 Å². The van der Waals surface area contributed by atoms with Crippen LogP contribution in [0.5, 0.6) is 0 Å². The number of hydrogen-bond donors (Lipinski definition) is 2. The van der Waals surface area contributed by atoms with Gasteiger partial charge in [-0.1, -0.05) is 13.8 Å². The van der Waals surface area contributed by atoms with Gasteiger partial charge in [-0.2, -0.15) is 0 Å². The average Bonchev–Trinajstić information content (AvgIpc) is 2.42. The smallest absolute Gasteiger partial charge is 0.191 e. The highest BCUT2D eigenvalue weighted by molar-refractivity contribution is 14.0. The van der Waals surface area contributed by atoms with Gasteiger partial charge in [0.2, 0.25) is 0 Å². The van der Waals surface area contributed by atoms with E-state index in [4.69, 9.17) is 4.74 Å². The summed E-state index contributed by atoms with van der Waals surface area (Å²) in [5.74, 6) is 2.53. The first-order valence-corrected chi connectivity index (χ1v) is 8.47. The van der Waals surface area contributed by atoms with Crippen LogP contribution in [0.4, 0.5) is 0 Å². The van der Waals surface area contributed by atoms with Gasteiger partial charge in [-0.15, -0.1) is 24.0 Å². The predicted molar refractivity (Wildman–Crippen MR) is 105 cm³/mol. The highest BCUT2D eigenvalue weighted by Crippen LogP contribution is 2.20. The van der Waals surface area contributed by atoms with Gasteiger partial charge in [-0.05, 0) is 32.1 Å². The lowest BCUT2D eigenvalue weighted by atomic mass is 9.92. The van der Waals surface area contributed by atoms with Crippen LogP contribution >= 0.6 is 24.0 Å². The minimum absolute atomic E-state index is 0. The van der Waals surface area contributed by atoms with Gasteiger partial charge in [-0.3, -0.25) is 4.99 Å². The molecule has 5 nitrogen and oxygen atoms in total. The molecule has 1 aliphatic rings. The summed E-state index contributed by atoms with van der Waals surface area (Å²) in [6.07, 6.45) is 1.36. The van der Waals surface area contributed by atoms with Crippen LogP contribution in [0.3, 0.4) is 0 Å². The number of nitrogens with one attached hydrogen (secondary N) is 2. The zero-order chi connectivity index (χ0) is 15.5. The molecule has 0 amide bonds. The molecule has 1 rings (SSSR count). The van der Waals surface area contributed by atoms with E-state index in [9.17, 15) is 0 Å². The lowest BCUT2D eigenvalue weighted by Crippen LogP contribution is -2.41. The third kappa shape index (κ3) is 9.84. The fraction of sp³-hybridized carbons (Fsp3) is 0.938. The molecule has 2 N–H and O–H groups in total. The van der Waals surface area contributed by atoms with Gasteiger partial charge >= 0.3 is 0 Å². The van der Waals surface area contributed by atoms with Gasteiger partial charge in [-0.25, -0.2) is 0 Å². The van der Waals surface area contributed by atoms with E-state index in [0.29, 0.717) is 0 Å². The Labute approximate surface area is 153 Å². The largest absolute Gasteiger partial charge is 0.380 e. The Kier molecular flexibility index (Phi) is 13.3. The number of likely N-dealkylation sites (tertiary alicyclic amines) is 1. The number of hydrogen-bond acceptors (Lipinski definition) is 3. The number of halogens is 1. The lowest BCUT2D eigenvalue weighted by Gasteiger charge is -2.34. The summed E-state index contributed by atoms with van der Waals surface area (Å²) in [6, 6.07) is 0. The standard InChI is InChI=1S/C16H34N4O.HI/c1-5-17-16(19-8-10-21-6-2)18-7-9-20-12-14(3)11-15(4)13-20;/h14-15H,5-13H2,1-4H3,(H2,17,18,19);1H. The Bertz CT molecular complexity index is 292. The van der Waals surface area contributed by atoms with Crippen molar-refractivity contribution >= 4 is 29.9 Å². The second kappa shape index (κ2) is 13.4. The second-order valence-electron chi connectivity index (χ2n) is 6.09. The van der Waals surface area contributed by atoms with Crippen LogP contribution in [0.2, 0.25) is 0 Å². The first-order chi connectivity index (χ1) is 10.2. The van der Waals surface area contributed by atoms with Crippen molar-refractivity contribution in [2.24, 2.45) is 16.8 Å². The fourth-order valence-electron chi connectivity index (χ4n) is 3.01. The molecule has 0 aromatic rings. The normalized spacial score (nSPS) is 23.0. The molecule has 1 aliphatic heterocycles. The van der Waals surface area contributed by atoms with E-state index in [1.165, 1.54) is 19.5 Å². The molecule has 0 radical (unpaired) electrons. The van der Waals surface area contributed by atoms with Crippen molar-refractivity contribution in [2.75, 3.05) is 52.5 Å². The number of rotatable bonds is 8. The first-order valence-electron chi connectivity index (χ1n) is 8.47. The molecule has 1 saturated heterocycles. The number of ether oxygens (including phenoxy) is 1. The number of aliphatic imine (C=N–C) groups is 1. The van der Waals surface area contributed by atoms with E-state index < -0.39 is 0 Å². The van der Waals surface area contributed by atoms with Gasteiger partial charge in [0.1, 0.15) is 0 Å². The Morgan fingerprint density at radius 3 is 2.45 bits per heavy atom. The SMILES string of the molecule is CCNC(=NCCN1CC(C)CC(C)C1)NCCOCC.I. The minimum atomic E-state index is 0. The summed E-state index contributed by atoms with van der Waals surface area (Å²) >= 11 is 0. The van der Waals surface area contributed by atoms with Crippen molar-refractivity contribution in [3.63, 3.8) is 0 Å². The summed E-state index contributed by atoms with van der Waals surface area (Å²) in [6.45, 7) is 16.3. The summed E-state index contributed by atoms with van der Waals surface area (Å²) in [7, 11) is 0. The maximum absolute atomic E-state index is 5.33. The van der Waals surface area contributed by atoms with Crippen molar-refractivity contribution < 1.29 is 4.74 Å². The molecular weight excluding hydrogens is 391 g/mol. The van der Waals surface area contributed by atoms with Gasteiger partial charge in [0, 0.05) is 39.3 Å². The minimum Gasteiger partial charge on any atom is -0.380 e. The molecular formula is C16H35IN4O. The Balaban J connectivity index is 0.00000441. The molecule has 0 aliphatic carbocycles. The third-order valence-corrected chi connectivity index (χ3v) is 3.72. The molecule has 2 atom stereocenters. The van der Waals surface area contributed by atoms with Gasteiger partial charge in [0.15, 0.2) is 5.96 Å². The summed E-state index contributed by atoms with van der Waals surface area (Å²) in [5, 5.41) is 6.59. The van der Waals surface area contributed by atoms with Crippen LogP contribution in [0.1, 0.15) is 34.1 Å². The van der Waals surface area contributed by atoms with Crippen LogP contribution in [-0.2, 0) is 4.74 Å². The molecule has 0 aromatic heterocycles. The summed E-state index contributed by atoms with van der Waals surface area (Å²) in [5.41, 5.74) is 0. The number of guanidine groups is 1. The van der Waals surface area contributed by atoms with Crippen molar-refractivity contribution in [2.45, 2.75) is 34.1 Å². The highest BCUT2D eigenvalue weighted by atomic mass is 127. The second-order valence-corrected chi connectivity index (χ2v) is 6.09. The van der Waals surface area contributed by atoms with Crippen molar-refractivity contribution in [3.05, 3.63) is 0 Å². The first kappa shape index (κ1) is 21.9. The highest BCUT2D eigenvalue weighted by Gasteiger charge is 2.20. The van der Waals surface area contributed by atoms with Crippen molar-refractivity contribution in [1.82, 2.24) is 15.5 Å². The molecule has 6 heteroatoms. The summed E-state index contributed by atoms with van der Waals surface area (Å²) in [4.78, 5) is 7.20. The maximum Gasteiger partial charge on any atom is 0.191 e. The Morgan fingerprint density at radius 2 is 1.86 bits per heavy atom. The molecule has 2 unspecified atom stereocenters. The predicted octanol–water partition coefficient (Wildman–Crippen LogP) is 2.17. The van der Waals surface area contributed by atoms with E-state index in [1.807, 2.05) is 6.92 Å². The zero-order valence-electron chi connectivity index (χ0n) is 14.7. The molecule has 0 bridgehead atoms. The Morgan fingerprint density at radius 1 is 1.18 bits per heavy atom. The van der Waals surface area contributed by atoms with E-state index in [2.05, 4.69) is 41.3 Å². The van der Waals surface area contributed by atoms with Crippen LogP contribution < -0.4 is 10.6 Å². The quantitative estimate of drug-likeness (QED) is 0.270. The van der Waals surface area contributed by atoms with Crippen molar-refractivity contribution in [3.8, 4) is 0 Å². The van der Waals surface area contributed by atoms with Crippen LogP contribution in [0, 0.1) is 11.8 Å². The topological polar surface area (TPSA) is 48.9 Å². The number of nitrogens with zero attached hydrogens (tertiary/aromatic N) is 2. The van der Waals surface area contributed by atoms with Gasteiger partial charge in [0.25, 0.3) is 0 Å². The van der Waals surface area contributed by atoms with Crippen LogP contribution in [-0.4, -0.2) is 63.3 Å². The average molecular weight is 426 g/mol. The molecule has 22 heavy (non-hydrogen) atoms. The molecule has 0 saturated carbocycles. The van der Waals surface area contributed by atoms with Crippen molar-refractivity contribution in [1.29, 1.82) is 0 Å². The number of piperidine rings is 1. The maximum atomic E-state index is 5.33. The Hall–Kier alpha value is -0.0800. The molecule has 0 spiro atoms. The fourth-order valence-corrected chi connectivity index (χ4v) is 3.01.